The monoisotopic (exact) mass is 440 g/mol. The van der Waals surface area contributed by atoms with Crippen molar-refractivity contribution >= 4 is 28.3 Å². The zero-order chi connectivity index (χ0) is 22.5. The van der Waals surface area contributed by atoms with Gasteiger partial charge in [-0.3, -0.25) is 19.6 Å². The molecule has 1 aromatic carbocycles. The fourth-order valence-corrected chi connectivity index (χ4v) is 3.93. The van der Waals surface area contributed by atoms with E-state index in [9.17, 15) is 9.59 Å². The van der Waals surface area contributed by atoms with E-state index in [1.54, 1.807) is 0 Å². The number of hydrogen-bond donors (Lipinski definition) is 1. The maximum atomic E-state index is 12.3. The van der Waals surface area contributed by atoms with Gasteiger partial charge in [0.1, 0.15) is 0 Å². The summed E-state index contributed by atoms with van der Waals surface area (Å²) in [5.74, 6) is -0.411. The van der Waals surface area contributed by atoms with Crippen molar-refractivity contribution in [2.75, 3.05) is 11.9 Å². The molecule has 0 unspecified atom stereocenters. The molecule has 0 bridgehead atoms. The second-order valence-electron chi connectivity index (χ2n) is 8.01. The second kappa shape index (κ2) is 9.87. The summed E-state index contributed by atoms with van der Waals surface area (Å²) in [6, 6.07) is 8.01. The summed E-state index contributed by atoms with van der Waals surface area (Å²) >= 11 is 1.33. The maximum absolute atomic E-state index is 12.3. The van der Waals surface area contributed by atoms with Gasteiger partial charge in [0.05, 0.1) is 17.8 Å². The van der Waals surface area contributed by atoms with Crippen LogP contribution in [0.15, 0.2) is 29.6 Å². The third-order valence-electron chi connectivity index (χ3n) is 4.85. The summed E-state index contributed by atoms with van der Waals surface area (Å²) in [6.07, 6.45) is 0.0951. The van der Waals surface area contributed by atoms with Crippen molar-refractivity contribution in [2.45, 2.75) is 47.6 Å². The fourth-order valence-electron chi connectivity index (χ4n) is 3.20. The van der Waals surface area contributed by atoms with Gasteiger partial charge in [0, 0.05) is 28.7 Å². The molecule has 3 rings (SSSR count). The summed E-state index contributed by atoms with van der Waals surface area (Å²) < 4.78 is 7.09. The number of thiazole rings is 1. The van der Waals surface area contributed by atoms with Crippen molar-refractivity contribution in [1.29, 1.82) is 0 Å². The zero-order valence-corrected chi connectivity index (χ0v) is 19.4. The van der Waals surface area contributed by atoms with E-state index in [0.29, 0.717) is 11.0 Å². The van der Waals surface area contributed by atoms with E-state index in [-0.39, 0.29) is 13.0 Å². The molecular weight excluding hydrogens is 412 g/mol. The number of carbonyl (C=O) groups is 2. The summed E-state index contributed by atoms with van der Waals surface area (Å²) in [5.41, 5.74) is 5.57. The number of hydrogen-bond acceptors (Lipinski definition) is 6. The Morgan fingerprint density at radius 2 is 1.87 bits per heavy atom. The molecule has 2 aromatic heterocycles. The normalized spacial score (nSPS) is 11.0. The lowest BCUT2D eigenvalue weighted by Crippen LogP contribution is -2.21. The molecule has 164 valence electrons. The van der Waals surface area contributed by atoms with Gasteiger partial charge in [-0.1, -0.05) is 43.7 Å². The first-order valence-electron chi connectivity index (χ1n) is 10.2. The number of aryl methyl sites for hydroxylation is 2. The largest absolute Gasteiger partial charge is 0.455 e. The molecule has 0 radical (unpaired) electrons. The summed E-state index contributed by atoms with van der Waals surface area (Å²) in [7, 11) is 0. The van der Waals surface area contributed by atoms with E-state index in [1.165, 1.54) is 16.9 Å². The number of aromatic nitrogens is 3. The minimum atomic E-state index is -0.454. The molecule has 1 N–H and O–H groups in total. The Labute approximate surface area is 186 Å². The van der Waals surface area contributed by atoms with Crippen molar-refractivity contribution in [3.05, 3.63) is 52.2 Å². The van der Waals surface area contributed by atoms with E-state index in [4.69, 9.17) is 4.74 Å². The topological polar surface area (TPSA) is 86.1 Å². The van der Waals surface area contributed by atoms with E-state index < -0.39 is 11.9 Å². The van der Waals surface area contributed by atoms with Crippen LogP contribution in [0.4, 0.5) is 5.13 Å². The number of amides is 1. The number of carbonyl (C=O) groups excluding carboxylic acids is 2. The first-order chi connectivity index (χ1) is 14.7. The highest BCUT2D eigenvalue weighted by atomic mass is 32.1. The quantitative estimate of drug-likeness (QED) is 0.528. The molecule has 0 spiro atoms. The number of nitrogens with one attached hydrogen (secondary N) is 1. The van der Waals surface area contributed by atoms with Gasteiger partial charge in [-0.05, 0) is 26.7 Å². The average Bonchev–Trinajstić information content (AvgIpc) is 3.27. The summed E-state index contributed by atoms with van der Waals surface area (Å²) in [5, 5.41) is 9.55. The number of rotatable bonds is 8. The predicted octanol–water partition coefficient (Wildman–Crippen LogP) is 4.31. The van der Waals surface area contributed by atoms with E-state index in [2.05, 4.69) is 29.2 Å². The molecule has 0 aliphatic rings. The first-order valence-corrected chi connectivity index (χ1v) is 11.1. The van der Waals surface area contributed by atoms with Crippen LogP contribution in [0.2, 0.25) is 0 Å². The van der Waals surface area contributed by atoms with Crippen LogP contribution < -0.4 is 5.32 Å². The van der Waals surface area contributed by atoms with E-state index in [0.717, 1.165) is 34.8 Å². The fraction of sp³-hybridized carbons (Fsp3) is 0.391. The number of anilines is 1. The maximum Gasteiger partial charge on any atom is 0.310 e. The SMILES string of the molecule is Cc1ccc(-c2csc(NC(=O)COC(=O)Cc3c(C)nn(CC(C)C)c3C)n2)cc1. The smallest absolute Gasteiger partial charge is 0.310 e. The molecule has 0 aliphatic carbocycles. The first kappa shape index (κ1) is 22.7. The van der Waals surface area contributed by atoms with Crippen LogP contribution in [-0.4, -0.2) is 33.2 Å². The third kappa shape index (κ3) is 6.01. The molecule has 0 saturated heterocycles. The zero-order valence-electron chi connectivity index (χ0n) is 18.6. The van der Waals surface area contributed by atoms with Crippen LogP contribution in [-0.2, 0) is 27.3 Å². The number of esters is 1. The second-order valence-corrected chi connectivity index (χ2v) is 8.87. The lowest BCUT2D eigenvalue weighted by Gasteiger charge is -2.08. The molecule has 0 saturated carbocycles. The molecule has 7 nitrogen and oxygen atoms in total. The summed E-state index contributed by atoms with van der Waals surface area (Å²) in [4.78, 5) is 28.9. The molecule has 3 aromatic rings. The van der Waals surface area contributed by atoms with Crippen LogP contribution in [0, 0.1) is 26.7 Å². The van der Waals surface area contributed by atoms with Gasteiger partial charge in [0.15, 0.2) is 11.7 Å². The lowest BCUT2D eigenvalue weighted by molar-refractivity contribution is -0.146. The lowest BCUT2D eigenvalue weighted by atomic mass is 10.1. The predicted molar refractivity (Wildman–Crippen MR) is 122 cm³/mol. The van der Waals surface area contributed by atoms with Crippen molar-refractivity contribution in [1.82, 2.24) is 14.8 Å². The number of benzene rings is 1. The standard InChI is InChI=1S/C23H28N4O3S/c1-14(2)11-27-17(5)19(16(4)26-27)10-22(29)30-12-21(28)25-23-24-20(13-31-23)18-8-6-15(3)7-9-18/h6-9,13-14H,10-12H2,1-5H3,(H,24,25,28). The molecule has 2 heterocycles. The molecule has 1 amide bonds. The molecule has 0 aliphatic heterocycles. The van der Waals surface area contributed by atoms with Gasteiger partial charge in [-0.2, -0.15) is 5.10 Å². The Balaban J connectivity index is 1.52. The van der Waals surface area contributed by atoms with Gasteiger partial charge >= 0.3 is 5.97 Å². The van der Waals surface area contributed by atoms with Crippen LogP contribution in [0.1, 0.15) is 36.4 Å². The van der Waals surface area contributed by atoms with Gasteiger partial charge in [0.2, 0.25) is 0 Å². The molecule has 8 heteroatoms. The van der Waals surface area contributed by atoms with Crippen molar-refractivity contribution in [2.24, 2.45) is 5.92 Å². The van der Waals surface area contributed by atoms with Gasteiger partial charge < -0.3 is 4.74 Å². The van der Waals surface area contributed by atoms with E-state index >= 15 is 0 Å². The van der Waals surface area contributed by atoms with Gasteiger partial charge in [-0.15, -0.1) is 11.3 Å². The highest BCUT2D eigenvalue weighted by Crippen LogP contribution is 2.25. The average molecular weight is 441 g/mol. The highest BCUT2D eigenvalue weighted by Gasteiger charge is 2.17. The van der Waals surface area contributed by atoms with Crippen molar-refractivity contribution < 1.29 is 14.3 Å². The molecule has 0 fully saturated rings. The van der Waals surface area contributed by atoms with Crippen molar-refractivity contribution in [3.8, 4) is 11.3 Å². The minimum Gasteiger partial charge on any atom is -0.455 e. The van der Waals surface area contributed by atoms with Crippen LogP contribution in [0.5, 0.6) is 0 Å². The number of nitrogens with zero attached hydrogens (tertiary/aromatic N) is 3. The van der Waals surface area contributed by atoms with Crippen molar-refractivity contribution in [3.63, 3.8) is 0 Å². The Kier molecular flexibility index (Phi) is 7.22. The van der Waals surface area contributed by atoms with E-state index in [1.807, 2.05) is 55.1 Å². The minimum absolute atomic E-state index is 0.0951. The number of ether oxygens (including phenoxy) is 1. The third-order valence-corrected chi connectivity index (χ3v) is 5.61. The van der Waals surface area contributed by atoms with Gasteiger partial charge in [0.25, 0.3) is 5.91 Å². The van der Waals surface area contributed by atoms with Crippen LogP contribution in [0.25, 0.3) is 11.3 Å². The Morgan fingerprint density at radius 3 is 2.55 bits per heavy atom. The Bertz CT molecular complexity index is 1070. The summed E-state index contributed by atoms with van der Waals surface area (Å²) in [6.45, 7) is 10.5. The molecule has 0 atom stereocenters. The molecule has 31 heavy (non-hydrogen) atoms. The highest BCUT2D eigenvalue weighted by molar-refractivity contribution is 7.14. The Morgan fingerprint density at radius 1 is 1.16 bits per heavy atom. The Hall–Kier alpha value is -3.00. The molecular formula is C23H28N4O3S. The van der Waals surface area contributed by atoms with Gasteiger partial charge in [-0.25, -0.2) is 4.98 Å². The van der Waals surface area contributed by atoms with Crippen LogP contribution >= 0.6 is 11.3 Å². The van der Waals surface area contributed by atoms with Crippen LogP contribution in [0.3, 0.4) is 0 Å².